The van der Waals surface area contributed by atoms with Crippen molar-refractivity contribution in [2.45, 2.75) is 225 Å². The van der Waals surface area contributed by atoms with Gasteiger partial charge in [0, 0.05) is 6.54 Å². The molecule has 0 radical (unpaired) electrons. The first kappa shape index (κ1) is 51.9. The normalized spacial score (nSPS) is 14.9. The van der Waals surface area contributed by atoms with Crippen molar-refractivity contribution in [3.05, 3.63) is 24.3 Å². The molecule has 10 heteroatoms. The average Bonchev–Trinajstić information content (AvgIpc) is 3.13. The maximum Gasteiger partial charge on any atom is 0.472 e. The lowest BCUT2D eigenvalue weighted by Gasteiger charge is -2.25. The fourth-order valence-corrected chi connectivity index (χ4v) is 7.28. The van der Waals surface area contributed by atoms with E-state index in [1.54, 1.807) is 0 Å². The number of hydrogen-bond donors (Lipinski definition) is 5. The Morgan fingerprint density at radius 2 is 1.06 bits per heavy atom. The molecule has 0 rings (SSSR count). The van der Waals surface area contributed by atoms with Crippen LogP contribution in [-0.4, -0.2) is 59.0 Å². The summed E-state index contributed by atoms with van der Waals surface area (Å²) in [6, 6.07) is -0.896. The first-order valence-corrected chi connectivity index (χ1v) is 23.5. The molecule has 0 aromatic rings. The minimum Gasteiger partial charge on any atom is -0.393 e. The van der Waals surface area contributed by atoms with Crippen LogP contribution in [-0.2, 0) is 18.4 Å². The van der Waals surface area contributed by atoms with Crippen LogP contribution < -0.4 is 11.1 Å². The second-order valence-electron chi connectivity index (χ2n) is 15.1. The van der Waals surface area contributed by atoms with E-state index in [9.17, 15) is 24.5 Å². The second-order valence-corrected chi connectivity index (χ2v) is 16.6. The molecule has 9 nitrogen and oxygen atoms in total. The van der Waals surface area contributed by atoms with Gasteiger partial charge in [-0.15, -0.1) is 0 Å². The van der Waals surface area contributed by atoms with Gasteiger partial charge in [0.1, 0.15) is 0 Å². The monoisotopic (exact) mass is 773 g/mol. The number of phosphoric ester groups is 1. The lowest BCUT2D eigenvalue weighted by molar-refractivity contribution is -0.125. The summed E-state index contributed by atoms with van der Waals surface area (Å²) in [5, 5.41) is 24.2. The molecule has 0 heterocycles. The number of aliphatic hydroxyl groups excluding tert-OH is 2. The number of carbonyl (C=O) groups excluding carboxylic acids is 1. The highest BCUT2D eigenvalue weighted by Gasteiger charge is 2.28. The first-order valence-electron chi connectivity index (χ1n) is 22.0. The summed E-state index contributed by atoms with van der Waals surface area (Å²) in [7, 11) is -4.37. The summed E-state index contributed by atoms with van der Waals surface area (Å²) in [6.07, 6.45) is 40.7. The summed E-state index contributed by atoms with van der Waals surface area (Å²) in [5.41, 5.74) is 5.37. The number of amides is 1. The molecule has 0 spiro atoms. The molecule has 314 valence electrons. The van der Waals surface area contributed by atoms with Gasteiger partial charge in [0.2, 0.25) is 5.91 Å². The van der Waals surface area contributed by atoms with Gasteiger partial charge < -0.3 is 26.2 Å². The van der Waals surface area contributed by atoms with Gasteiger partial charge in [-0.2, -0.15) is 0 Å². The van der Waals surface area contributed by atoms with Crippen LogP contribution in [0.2, 0.25) is 0 Å². The van der Waals surface area contributed by atoms with E-state index in [0.717, 1.165) is 44.9 Å². The Hall–Kier alpha value is -1.06. The highest BCUT2D eigenvalue weighted by atomic mass is 31.2. The zero-order valence-corrected chi connectivity index (χ0v) is 35.3. The number of carbonyl (C=O) groups is 1. The van der Waals surface area contributed by atoms with Crippen molar-refractivity contribution in [2.75, 3.05) is 19.8 Å². The summed E-state index contributed by atoms with van der Waals surface area (Å²) in [5.74, 6) is -0.417. The van der Waals surface area contributed by atoms with Crippen molar-refractivity contribution in [3.8, 4) is 0 Å². The SMILES string of the molecule is CCCCC/C=C\C=C/CCCCCCCCCCC(O)CC(=O)NC(COP(=O)(O)OCCN)C(O)CCCCCCCCCCCCCCCC. The summed E-state index contributed by atoms with van der Waals surface area (Å²) in [4.78, 5) is 22.8. The number of phosphoric acid groups is 1. The Bertz CT molecular complexity index is 904. The average molecular weight is 773 g/mol. The van der Waals surface area contributed by atoms with Gasteiger partial charge >= 0.3 is 7.82 Å². The van der Waals surface area contributed by atoms with Gasteiger partial charge in [-0.1, -0.05) is 186 Å². The molecule has 0 fully saturated rings. The van der Waals surface area contributed by atoms with E-state index in [2.05, 4.69) is 43.5 Å². The van der Waals surface area contributed by atoms with Crippen molar-refractivity contribution < 1.29 is 33.5 Å². The van der Waals surface area contributed by atoms with Crippen LogP contribution >= 0.6 is 7.82 Å². The fraction of sp³-hybridized carbons (Fsp3) is 0.884. The van der Waals surface area contributed by atoms with Crippen LogP contribution in [0.25, 0.3) is 0 Å². The zero-order chi connectivity index (χ0) is 39.1. The molecule has 53 heavy (non-hydrogen) atoms. The van der Waals surface area contributed by atoms with Crippen LogP contribution in [0.15, 0.2) is 24.3 Å². The van der Waals surface area contributed by atoms with Gasteiger partial charge in [-0.05, 0) is 38.5 Å². The molecule has 0 aliphatic heterocycles. The minimum absolute atomic E-state index is 0.0590. The Kier molecular flexibility index (Phi) is 38.4. The van der Waals surface area contributed by atoms with Crippen molar-refractivity contribution in [3.63, 3.8) is 0 Å². The van der Waals surface area contributed by atoms with E-state index in [0.29, 0.717) is 12.8 Å². The van der Waals surface area contributed by atoms with E-state index in [1.807, 2.05) is 0 Å². The van der Waals surface area contributed by atoms with Crippen LogP contribution in [0.1, 0.15) is 206 Å². The van der Waals surface area contributed by atoms with Crippen molar-refractivity contribution >= 4 is 13.7 Å². The van der Waals surface area contributed by atoms with Crippen LogP contribution in [0.4, 0.5) is 0 Å². The summed E-state index contributed by atoms with van der Waals surface area (Å²) in [6.45, 7) is 4.02. The minimum atomic E-state index is -4.37. The number of nitrogens with two attached hydrogens (primary N) is 1. The number of aliphatic hydroxyl groups is 2. The van der Waals surface area contributed by atoms with E-state index in [1.165, 1.54) is 128 Å². The van der Waals surface area contributed by atoms with Gasteiger partial charge in [0.15, 0.2) is 0 Å². The van der Waals surface area contributed by atoms with E-state index in [4.69, 9.17) is 14.8 Å². The van der Waals surface area contributed by atoms with E-state index < -0.39 is 32.0 Å². The Labute approximate surface area is 326 Å². The second kappa shape index (κ2) is 39.2. The van der Waals surface area contributed by atoms with Gasteiger partial charge in [0.05, 0.1) is 37.9 Å². The maximum absolute atomic E-state index is 12.8. The van der Waals surface area contributed by atoms with E-state index in [-0.39, 0.29) is 26.2 Å². The summed E-state index contributed by atoms with van der Waals surface area (Å²) >= 11 is 0. The van der Waals surface area contributed by atoms with Crippen LogP contribution in [0.3, 0.4) is 0 Å². The molecule has 4 unspecified atom stereocenters. The Balaban J connectivity index is 4.26. The molecule has 6 N–H and O–H groups in total. The Morgan fingerprint density at radius 3 is 1.55 bits per heavy atom. The smallest absolute Gasteiger partial charge is 0.393 e. The largest absolute Gasteiger partial charge is 0.472 e. The van der Waals surface area contributed by atoms with Gasteiger partial charge in [-0.3, -0.25) is 13.8 Å². The topological polar surface area (TPSA) is 151 Å². The van der Waals surface area contributed by atoms with Crippen molar-refractivity contribution in [1.29, 1.82) is 0 Å². The van der Waals surface area contributed by atoms with Crippen LogP contribution in [0, 0.1) is 0 Å². The number of nitrogens with one attached hydrogen (secondary N) is 1. The predicted molar refractivity (Wildman–Crippen MR) is 223 cm³/mol. The summed E-state index contributed by atoms with van der Waals surface area (Å²) < 4.78 is 22.1. The molecular weight excluding hydrogens is 687 g/mol. The standard InChI is InChI=1S/C43H85N2O7P/c1-3-5-7-9-11-13-15-17-19-20-21-22-24-26-28-30-32-34-40(46)38-43(48)45-41(39-52-53(49,50)51-37-36-44)42(47)35-33-31-29-27-25-23-18-16-14-12-10-8-6-4-2/h11,13,15,17,40-42,46-47H,3-10,12,14,16,18-39,44H2,1-2H3,(H,45,48)(H,49,50)/b13-11-,17-15-. The highest BCUT2D eigenvalue weighted by Crippen LogP contribution is 2.43. The highest BCUT2D eigenvalue weighted by molar-refractivity contribution is 7.47. The molecule has 1 amide bonds. The fourth-order valence-electron chi connectivity index (χ4n) is 6.52. The molecule has 0 saturated carbocycles. The third-order valence-electron chi connectivity index (χ3n) is 9.89. The quantitative estimate of drug-likeness (QED) is 0.0234. The van der Waals surface area contributed by atoms with E-state index >= 15 is 0 Å². The number of hydrogen-bond acceptors (Lipinski definition) is 7. The lowest BCUT2D eigenvalue weighted by Crippen LogP contribution is -2.47. The first-order chi connectivity index (χ1) is 25.8. The van der Waals surface area contributed by atoms with Crippen LogP contribution in [0.5, 0.6) is 0 Å². The maximum atomic E-state index is 12.8. The Morgan fingerprint density at radius 1 is 0.642 bits per heavy atom. The van der Waals surface area contributed by atoms with Gasteiger partial charge in [-0.25, -0.2) is 4.57 Å². The molecule has 0 aromatic heterocycles. The molecule has 0 aliphatic rings. The van der Waals surface area contributed by atoms with Crippen molar-refractivity contribution in [2.24, 2.45) is 5.73 Å². The molecule has 0 saturated heterocycles. The lowest BCUT2D eigenvalue weighted by atomic mass is 10.0. The molecule has 0 aliphatic carbocycles. The molecule has 4 atom stereocenters. The predicted octanol–water partition coefficient (Wildman–Crippen LogP) is 11.1. The third kappa shape index (κ3) is 37.6. The third-order valence-corrected chi connectivity index (χ3v) is 10.9. The number of unbranched alkanes of at least 4 members (excludes halogenated alkanes) is 24. The number of rotatable bonds is 41. The molecular formula is C43H85N2O7P. The van der Waals surface area contributed by atoms with Crippen molar-refractivity contribution in [1.82, 2.24) is 5.32 Å². The zero-order valence-electron chi connectivity index (χ0n) is 34.4. The molecule has 0 bridgehead atoms. The molecule has 0 aromatic carbocycles. The number of allylic oxidation sites excluding steroid dienone is 4. The van der Waals surface area contributed by atoms with Gasteiger partial charge in [0.25, 0.3) is 0 Å².